The lowest BCUT2D eigenvalue weighted by atomic mass is 9.98. The summed E-state index contributed by atoms with van der Waals surface area (Å²) >= 11 is 0. The molecule has 10 nitrogen and oxygen atoms in total. The first-order chi connectivity index (χ1) is 17.9. The van der Waals surface area contributed by atoms with Gasteiger partial charge < -0.3 is 24.7 Å². The minimum absolute atomic E-state index is 0.136. The number of methoxy groups -OCH3 is 1. The fourth-order valence-corrected chi connectivity index (χ4v) is 4.53. The number of rotatable bonds is 9. The van der Waals surface area contributed by atoms with Crippen LogP contribution in [0.1, 0.15) is 35.3 Å². The van der Waals surface area contributed by atoms with Crippen molar-refractivity contribution in [2.75, 3.05) is 13.7 Å². The van der Waals surface area contributed by atoms with E-state index in [1.54, 1.807) is 24.4 Å². The number of benzene rings is 2. The first kappa shape index (κ1) is 25.4. The van der Waals surface area contributed by atoms with Crippen LogP contribution in [0.2, 0.25) is 0 Å². The van der Waals surface area contributed by atoms with Crippen molar-refractivity contribution in [3.05, 3.63) is 83.4 Å². The van der Waals surface area contributed by atoms with Crippen molar-refractivity contribution >= 4 is 17.8 Å². The number of hydrogen-bond acceptors (Lipinski definition) is 7. The SMILES string of the molecule is COC(=O)[C@H](Cc1cnc[nH]1)NC(=O)[C@H](Cc1ccccc1)N(C(C)=O)C1COc2ccc(C#N)cc21. The van der Waals surface area contributed by atoms with E-state index in [1.807, 2.05) is 30.3 Å². The molecule has 37 heavy (non-hydrogen) atoms. The standard InChI is InChI=1S/C27H27N5O5/c1-17(33)32(24-15-37-25-9-8-19(13-28)10-21(24)25)23(11-18-6-4-3-5-7-18)26(34)31-22(27(35)36-2)12-20-14-29-16-30-20/h3-10,14,16,22-24H,11-12,15H2,1-2H3,(H,29,30)(H,31,34)/t22-,23-,24?/m0/s1. The number of hydrogen-bond donors (Lipinski definition) is 2. The highest BCUT2D eigenvalue weighted by Gasteiger charge is 2.40. The van der Waals surface area contributed by atoms with Gasteiger partial charge in [-0.2, -0.15) is 5.26 Å². The summed E-state index contributed by atoms with van der Waals surface area (Å²) in [6.45, 7) is 1.52. The summed E-state index contributed by atoms with van der Waals surface area (Å²) < 4.78 is 10.7. The number of nitriles is 1. The third-order valence-corrected chi connectivity index (χ3v) is 6.29. The van der Waals surface area contributed by atoms with Crippen molar-refractivity contribution in [3.63, 3.8) is 0 Å². The number of nitrogens with zero attached hydrogens (tertiary/aromatic N) is 3. The van der Waals surface area contributed by atoms with Gasteiger partial charge in [0.05, 0.1) is 31.1 Å². The fourth-order valence-electron chi connectivity index (χ4n) is 4.53. The molecule has 4 rings (SSSR count). The lowest BCUT2D eigenvalue weighted by molar-refractivity contribution is -0.147. The van der Waals surface area contributed by atoms with Gasteiger partial charge in [0.2, 0.25) is 11.8 Å². The Morgan fingerprint density at radius 3 is 2.68 bits per heavy atom. The van der Waals surface area contributed by atoms with Crippen molar-refractivity contribution in [1.29, 1.82) is 5.26 Å². The van der Waals surface area contributed by atoms with E-state index in [4.69, 9.17) is 9.47 Å². The van der Waals surface area contributed by atoms with E-state index < -0.39 is 30.0 Å². The van der Waals surface area contributed by atoms with Crippen LogP contribution in [0.3, 0.4) is 0 Å². The molecule has 10 heteroatoms. The van der Waals surface area contributed by atoms with Gasteiger partial charge in [-0.1, -0.05) is 30.3 Å². The van der Waals surface area contributed by atoms with Crippen LogP contribution in [0.15, 0.2) is 61.1 Å². The number of esters is 1. The van der Waals surface area contributed by atoms with Gasteiger partial charge in [-0.15, -0.1) is 0 Å². The highest BCUT2D eigenvalue weighted by Crippen LogP contribution is 2.38. The number of H-pyrrole nitrogens is 1. The molecule has 2 N–H and O–H groups in total. The molecular formula is C27H27N5O5. The molecule has 0 aliphatic carbocycles. The molecule has 2 amide bonds. The summed E-state index contributed by atoms with van der Waals surface area (Å²) in [6.07, 6.45) is 3.38. The van der Waals surface area contributed by atoms with Gasteiger partial charge in [-0.25, -0.2) is 9.78 Å². The minimum atomic E-state index is -0.998. The molecule has 0 saturated carbocycles. The van der Waals surface area contributed by atoms with E-state index in [2.05, 4.69) is 21.4 Å². The molecule has 3 atom stereocenters. The largest absolute Gasteiger partial charge is 0.491 e. The summed E-state index contributed by atoms with van der Waals surface area (Å²) in [4.78, 5) is 47.8. The van der Waals surface area contributed by atoms with Crippen LogP contribution in [-0.4, -0.2) is 58.5 Å². The third kappa shape index (κ3) is 5.78. The van der Waals surface area contributed by atoms with Gasteiger partial charge in [-0.3, -0.25) is 9.59 Å². The maximum absolute atomic E-state index is 13.8. The Labute approximate surface area is 214 Å². The molecule has 190 valence electrons. The van der Waals surface area contributed by atoms with Crippen molar-refractivity contribution in [1.82, 2.24) is 20.2 Å². The van der Waals surface area contributed by atoms with E-state index in [0.29, 0.717) is 22.6 Å². The summed E-state index contributed by atoms with van der Waals surface area (Å²) in [5.74, 6) is -0.924. The van der Waals surface area contributed by atoms with Crippen LogP contribution in [0.25, 0.3) is 0 Å². The van der Waals surface area contributed by atoms with E-state index >= 15 is 0 Å². The smallest absolute Gasteiger partial charge is 0.328 e. The summed E-state index contributed by atoms with van der Waals surface area (Å²) in [5.41, 5.74) is 2.55. The monoisotopic (exact) mass is 501 g/mol. The average Bonchev–Trinajstić information content (AvgIpc) is 3.57. The van der Waals surface area contributed by atoms with Gasteiger partial charge >= 0.3 is 5.97 Å². The molecule has 1 unspecified atom stereocenters. The summed E-state index contributed by atoms with van der Waals surface area (Å²) in [7, 11) is 1.25. The molecule has 0 bridgehead atoms. The van der Waals surface area contributed by atoms with Crippen molar-refractivity contribution in [3.8, 4) is 11.8 Å². The normalized spacial score (nSPS) is 15.4. The van der Waals surface area contributed by atoms with Gasteiger partial charge in [0.1, 0.15) is 24.4 Å². The van der Waals surface area contributed by atoms with Crippen LogP contribution in [0.5, 0.6) is 5.75 Å². The number of aromatic amines is 1. The van der Waals surface area contributed by atoms with Crippen molar-refractivity contribution in [2.24, 2.45) is 0 Å². The van der Waals surface area contributed by atoms with Gasteiger partial charge in [0, 0.05) is 37.2 Å². The second-order valence-corrected chi connectivity index (χ2v) is 8.69. The third-order valence-electron chi connectivity index (χ3n) is 6.29. The topological polar surface area (TPSA) is 137 Å². The molecule has 0 fully saturated rings. The predicted octanol–water partition coefficient (Wildman–Crippen LogP) is 2.08. The number of aromatic nitrogens is 2. The Balaban J connectivity index is 1.69. The number of ether oxygens (including phenoxy) is 2. The molecule has 3 aromatic rings. The van der Waals surface area contributed by atoms with Crippen LogP contribution in [0.4, 0.5) is 0 Å². The molecule has 0 radical (unpaired) electrons. The van der Waals surface area contributed by atoms with Crippen LogP contribution < -0.4 is 10.1 Å². The molecular weight excluding hydrogens is 474 g/mol. The highest BCUT2D eigenvalue weighted by molar-refractivity contribution is 5.91. The molecule has 0 spiro atoms. The second kappa shape index (κ2) is 11.4. The van der Waals surface area contributed by atoms with Crippen LogP contribution in [0, 0.1) is 11.3 Å². The Kier molecular flexibility index (Phi) is 7.83. The quantitative estimate of drug-likeness (QED) is 0.428. The molecule has 1 aliphatic rings. The number of fused-ring (bicyclic) bond motifs is 1. The zero-order valence-electron chi connectivity index (χ0n) is 20.5. The van der Waals surface area contributed by atoms with Gasteiger partial charge in [0.25, 0.3) is 0 Å². The van der Waals surface area contributed by atoms with Gasteiger partial charge in [0.15, 0.2) is 0 Å². The molecule has 2 heterocycles. The van der Waals surface area contributed by atoms with E-state index in [1.165, 1.54) is 25.3 Å². The predicted molar refractivity (Wildman–Crippen MR) is 132 cm³/mol. The van der Waals surface area contributed by atoms with E-state index in [-0.39, 0.29) is 25.4 Å². The lowest BCUT2D eigenvalue weighted by Crippen LogP contribution is -2.55. The average molecular weight is 502 g/mol. The van der Waals surface area contributed by atoms with E-state index in [9.17, 15) is 19.6 Å². The molecule has 2 aromatic carbocycles. The molecule has 1 aromatic heterocycles. The number of nitrogens with one attached hydrogen (secondary N) is 2. The lowest BCUT2D eigenvalue weighted by Gasteiger charge is -2.35. The Morgan fingerprint density at radius 2 is 2.03 bits per heavy atom. The number of carbonyl (C=O) groups is 3. The molecule has 1 aliphatic heterocycles. The second-order valence-electron chi connectivity index (χ2n) is 8.69. The zero-order valence-corrected chi connectivity index (χ0v) is 20.5. The molecule has 0 saturated heterocycles. The summed E-state index contributed by atoms with van der Waals surface area (Å²) in [5, 5.41) is 12.2. The van der Waals surface area contributed by atoms with Crippen LogP contribution in [-0.2, 0) is 32.0 Å². The van der Waals surface area contributed by atoms with Crippen LogP contribution >= 0.6 is 0 Å². The Bertz CT molecular complexity index is 1300. The number of amides is 2. The highest BCUT2D eigenvalue weighted by atomic mass is 16.5. The van der Waals surface area contributed by atoms with E-state index in [0.717, 1.165) is 5.56 Å². The van der Waals surface area contributed by atoms with Crippen molar-refractivity contribution < 1.29 is 23.9 Å². The van der Waals surface area contributed by atoms with Gasteiger partial charge in [-0.05, 0) is 23.8 Å². The first-order valence-corrected chi connectivity index (χ1v) is 11.8. The summed E-state index contributed by atoms with van der Waals surface area (Å²) in [6, 6.07) is 13.9. The Morgan fingerprint density at radius 1 is 1.24 bits per heavy atom. The minimum Gasteiger partial charge on any atom is -0.491 e. The number of carbonyl (C=O) groups excluding carboxylic acids is 3. The van der Waals surface area contributed by atoms with Crippen molar-refractivity contribution in [2.45, 2.75) is 37.9 Å². The fraction of sp³-hybridized carbons (Fsp3) is 0.296. The number of imidazole rings is 1. The maximum Gasteiger partial charge on any atom is 0.328 e. The zero-order chi connectivity index (χ0) is 26.4. The first-order valence-electron chi connectivity index (χ1n) is 11.8. The Hall–Kier alpha value is -4.65. The maximum atomic E-state index is 13.8.